The molecule has 2 aromatic heterocycles. The lowest BCUT2D eigenvalue weighted by Gasteiger charge is -2.28. The van der Waals surface area contributed by atoms with E-state index in [0.717, 1.165) is 12.3 Å². The van der Waals surface area contributed by atoms with Gasteiger partial charge in [0.2, 0.25) is 0 Å². The summed E-state index contributed by atoms with van der Waals surface area (Å²) in [4.78, 5) is 21.4. The van der Waals surface area contributed by atoms with Crippen molar-refractivity contribution in [2.75, 3.05) is 6.61 Å². The van der Waals surface area contributed by atoms with Gasteiger partial charge in [-0.25, -0.2) is 9.37 Å². The van der Waals surface area contributed by atoms with Crippen molar-refractivity contribution in [3.05, 3.63) is 77.1 Å². The zero-order chi connectivity index (χ0) is 29.3. The number of alkyl halides is 5. The van der Waals surface area contributed by atoms with Gasteiger partial charge in [-0.05, 0) is 42.3 Å². The Balaban J connectivity index is 1.44. The number of nitrogens with one attached hydrogen (secondary N) is 1. The first kappa shape index (κ1) is 27.0. The number of fused-ring (bicyclic) bond motifs is 9. The Bertz CT molecular complexity index is 1690. The van der Waals surface area contributed by atoms with Crippen LogP contribution < -0.4 is 15.8 Å². The molecule has 2 aromatic carbocycles. The van der Waals surface area contributed by atoms with Crippen LogP contribution in [0.2, 0.25) is 0 Å². The van der Waals surface area contributed by atoms with E-state index in [1.165, 1.54) is 18.2 Å². The molecule has 4 heterocycles. The Hall–Kier alpha value is -4.17. The summed E-state index contributed by atoms with van der Waals surface area (Å²) in [7, 11) is 0. The topological polar surface area (TPSA) is 115 Å². The Morgan fingerprint density at radius 1 is 1.17 bits per heavy atom. The van der Waals surface area contributed by atoms with Crippen LogP contribution in [0.15, 0.2) is 48.7 Å². The van der Waals surface area contributed by atoms with Crippen LogP contribution in [0.5, 0.6) is 5.75 Å². The minimum Gasteiger partial charge on any atom is -0.434 e. The van der Waals surface area contributed by atoms with Crippen molar-refractivity contribution >= 4 is 16.9 Å². The second-order valence-electron chi connectivity index (χ2n) is 10.1. The number of nitrogens with zero attached hydrogens (tertiary/aromatic N) is 3. The smallest absolute Gasteiger partial charge is 0.391 e. The number of ether oxygens (including phenoxy) is 1. The van der Waals surface area contributed by atoms with Crippen molar-refractivity contribution in [3.8, 4) is 16.9 Å². The van der Waals surface area contributed by atoms with E-state index in [-0.39, 0.29) is 22.4 Å². The Morgan fingerprint density at radius 3 is 2.63 bits per heavy atom. The van der Waals surface area contributed by atoms with Gasteiger partial charge in [0, 0.05) is 22.9 Å². The Morgan fingerprint density at radius 2 is 1.95 bits per heavy atom. The molecule has 0 aliphatic carbocycles. The third-order valence-corrected chi connectivity index (χ3v) is 7.41. The van der Waals surface area contributed by atoms with Gasteiger partial charge in [-0.1, -0.05) is 12.1 Å². The van der Waals surface area contributed by atoms with Crippen LogP contribution in [0.4, 0.5) is 26.3 Å². The average molecular weight is 577 g/mol. The lowest BCUT2D eigenvalue weighted by atomic mass is 9.91. The molecule has 2 aliphatic heterocycles. The maximum absolute atomic E-state index is 15.1. The highest BCUT2D eigenvalue weighted by Gasteiger charge is 2.44. The van der Waals surface area contributed by atoms with Crippen molar-refractivity contribution in [1.29, 1.82) is 0 Å². The summed E-state index contributed by atoms with van der Waals surface area (Å²) in [6.45, 7) is -4.29. The first-order valence-electron chi connectivity index (χ1n) is 12.4. The predicted octanol–water partition coefficient (Wildman–Crippen LogP) is 4.72. The molecule has 0 spiro atoms. The molecule has 4 N–H and O–H groups in total. The molecule has 14 heteroatoms. The van der Waals surface area contributed by atoms with Crippen molar-refractivity contribution in [3.63, 3.8) is 0 Å². The highest BCUT2D eigenvalue weighted by Crippen LogP contribution is 2.47. The van der Waals surface area contributed by atoms with Gasteiger partial charge in [-0.3, -0.25) is 9.78 Å². The maximum Gasteiger partial charge on any atom is 0.391 e. The number of carbonyl (C=O) groups is 1. The lowest BCUT2D eigenvalue weighted by molar-refractivity contribution is -0.152. The largest absolute Gasteiger partial charge is 0.434 e. The molecule has 4 aromatic rings. The van der Waals surface area contributed by atoms with Crippen LogP contribution >= 0.6 is 0 Å². The predicted molar refractivity (Wildman–Crippen MR) is 133 cm³/mol. The number of aromatic nitrogens is 3. The molecule has 0 fully saturated rings. The second kappa shape index (κ2) is 9.45. The van der Waals surface area contributed by atoms with E-state index in [1.807, 2.05) is 0 Å². The fourth-order valence-corrected chi connectivity index (χ4v) is 5.72. The molecule has 214 valence electrons. The van der Waals surface area contributed by atoms with Gasteiger partial charge in [0.05, 0.1) is 47.4 Å². The standard InChI is InChI=1S/C27H21F6N5O3/c28-15-6-13(9-35-22(15)26(34,11-39)10-27(31,32)33)12-4-5-16-18(7-12)38-19-8-17(23(38)36-16)37-24(40)14-2-1-3-20(21(14)19)41-25(29)30/h1-7,9,17,19,25,39H,8,10-11,34H2,(H,37,40)/t17-,19+,26-/m1/s1. The van der Waals surface area contributed by atoms with E-state index in [2.05, 4.69) is 15.3 Å². The van der Waals surface area contributed by atoms with Gasteiger partial charge in [-0.2, -0.15) is 22.0 Å². The number of hydrogen-bond acceptors (Lipinski definition) is 6. The first-order valence-corrected chi connectivity index (χ1v) is 12.4. The van der Waals surface area contributed by atoms with E-state index in [0.29, 0.717) is 28.8 Å². The molecule has 6 rings (SSSR count). The van der Waals surface area contributed by atoms with Crippen LogP contribution in [-0.2, 0) is 5.54 Å². The third-order valence-electron chi connectivity index (χ3n) is 7.41. The average Bonchev–Trinajstić information content (AvgIpc) is 3.39. The summed E-state index contributed by atoms with van der Waals surface area (Å²) in [5.41, 5.74) is 4.68. The van der Waals surface area contributed by atoms with Gasteiger partial charge in [0.1, 0.15) is 17.4 Å². The molecule has 0 radical (unpaired) electrons. The van der Waals surface area contributed by atoms with E-state index in [1.54, 1.807) is 22.8 Å². The summed E-state index contributed by atoms with van der Waals surface area (Å²) < 4.78 is 87.2. The molecule has 8 nitrogen and oxygen atoms in total. The quantitative estimate of drug-likeness (QED) is 0.286. The summed E-state index contributed by atoms with van der Waals surface area (Å²) >= 11 is 0. The van der Waals surface area contributed by atoms with E-state index in [4.69, 9.17) is 10.5 Å². The summed E-state index contributed by atoms with van der Waals surface area (Å²) in [5.74, 6) is -1.22. The number of halogens is 6. The molecule has 0 unspecified atom stereocenters. The van der Waals surface area contributed by atoms with Crippen molar-refractivity contribution in [1.82, 2.24) is 19.9 Å². The molecule has 1 amide bonds. The monoisotopic (exact) mass is 577 g/mol. The number of imidazole rings is 1. The third kappa shape index (κ3) is 4.56. The van der Waals surface area contributed by atoms with Crippen molar-refractivity contribution in [2.24, 2.45) is 5.73 Å². The Kier molecular flexibility index (Phi) is 6.23. The van der Waals surface area contributed by atoms with Crippen molar-refractivity contribution in [2.45, 2.75) is 43.3 Å². The van der Waals surface area contributed by atoms with Crippen LogP contribution in [0.1, 0.15) is 52.4 Å². The molecule has 2 aliphatic rings. The van der Waals surface area contributed by atoms with Crippen LogP contribution in [0, 0.1) is 5.82 Å². The van der Waals surface area contributed by atoms with Gasteiger partial charge in [0.15, 0.2) is 0 Å². The number of amides is 1. The van der Waals surface area contributed by atoms with Gasteiger partial charge < -0.3 is 25.5 Å². The van der Waals surface area contributed by atoms with Crippen LogP contribution in [0.3, 0.4) is 0 Å². The molecular formula is C27H21F6N5O3. The number of hydrogen-bond donors (Lipinski definition) is 3. The second-order valence-corrected chi connectivity index (χ2v) is 10.1. The molecule has 0 saturated heterocycles. The number of nitrogens with two attached hydrogens (primary N) is 1. The number of benzene rings is 2. The number of pyridine rings is 1. The molecular weight excluding hydrogens is 556 g/mol. The molecule has 3 atom stereocenters. The van der Waals surface area contributed by atoms with Gasteiger partial charge in [-0.15, -0.1) is 0 Å². The SMILES string of the molecule is N[C@@](CO)(CC(F)(F)F)c1ncc(-c2ccc3nc4n(c3c2)[C@H]2C[C@H]4NC(=O)c3cccc(OC(F)F)c32)cc1F. The fourth-order valence-electron chi connectivity index (χ4n) is 5.72. The van der Waals surface area contributed by atoms with Crippen LogP contribution in [0.25, 0.3) is 22.2 Å². The minimum atomic E-state index is -4.77. The van der Waals surface area contributed by atoms with Gasteiger partial charge in [0.25, 0.3) is 5.91 Å². The summed E-state index contributed by atoms with van der Waals surface area (Å²) in [6.07, 6.45) is -4.96. The maximum atomic E-state index is 15.1. The van der Waals surface area contributed by atoms with E-state index < -0.39 is 60.9 Å². The normalized spacial score (nSPS) is 19.5. The number of aliphatic hydroxyl groups is 1. The van der Waals surface area contributed by atoms with E-state index in [9.17, 15) is 31.9 Å². The fraction of sp³-hybridized carbons (Fsp3) is 0.296. The highest BCUT2D eigenvalue weighted by atomic mass is 19.4. The van der Waals surface area contributed by atoms with E-state index >= 15 is 4.39 Å². The summed E-state index contributed by atoms with van der Waals surface area (Å²) in [5, 5.41) is 12.4. The first-order chi connectivity index (χ1) is 19.4. The number of rotatable bonds is 6. The zero-order valence-corrected chi connectivity index (χ0v) is 20.9. The molecule has 41 heavy (non-hydrogen) atoms. The highest BCUT2D eigenvalue weighted by molar-refractivity contribution is 5.98. The summed E-state index contributed by atoms with van der Waals surface area (Å²) in [6, 6.07) is 9.11. The lowest BCUT2D eigenvalue weighted by Crippen LogP contribution is -2.45. The zero-order valence-electron chi connectivity index (χ0n) is 20.9. The Labute approximate surface area is 227 Å². The number of carbonyl (C=O) groups excluding carboxylic acids is 1. The van der Waals surface area contributed by atoms with Crippen LogP contribution in [-0.4, -0.2) is 44.9 Å². The van der Waals surface area contributed by atoms with Crippen molar-refractivity contribution < 1.29 is 41.0 Å². The minimum absolute atomic E-state index is 0.140. The number of aliphatic hydroxyl groups excluding tert-OH is 1. The molecule has 0 saturated carbocycles. The molecule has 2 bridgehead atoms. The van der Waals surface area contributed by atoms with Gasteiger partial charge >= 0.3 is 12.8 Å².